The van der Waals surface area contributed by atoms with Crippen LogP contribution in [0.15, 0.2) is 78.0 Å². The summed E-state index contributed by atoms with van der Waals surface area (Å²) in [4.78, 5) is 13.7. The third-order valence-electron chi connectivity index (χ3n) is 5.21. The average Bonchev–Trinajstić information content (AvgIpc) is 3.22. The monoisotopic (exact) mass is 442 g/mol. The highest BCUT2D eigenvalue weighted by atomic mass is 32.2. The fourth-order valence-electron chi connectivity index (χ4n) is 3.33. The Balaban J connectivity index is 1.63. The smallest absolute Gasteiger partial charge is 0.253 e. The molecular formula is C26H26N4OS. The predicted octanol–water partition coefficient (Wildman–Crippen LogP) is 5.55. The largest absolute Gasteiger partial charge is 0.345 e. The number of nitrogens with zero attached hydrogens (tertiary/aromatic N) is 4. The SMILES string of the molecule is Cc1ccc(-c2nnc(SCc3ccc(C(=O)N(C)C)cc3)n2-c2ccc(C)cc2)cc1. The number of hydrogen-bond donors (Lipinski definition) is 0. The van der Waals surface area contributed by atoms with Gasteiger partial charge in [-0.25, -0.2) is 0 Å². The number of aryl methyl sites for hydroxylation is 2. The number of benzene rings is 3. The topological polar surface area (TPSA) is 51.0 Å². The third kappa shape index (κ3) is 4.75. The predicted molar refractivity (Wildman–Crippen MR) is 130 cm³/mol. The van der Waals surface area contributed by atoms with Crippen LogP contribution in [0.4, 0.5) is 0 Å². The van der Waals surface area contributed by atoms with Crippen molar-refractivity contribution in [1.29, 1.82) is 0 Å². The molecule has 0 saturated carbocycles. The summed E-state index contributed by atoms with van der Waals surface area (Å²) in [7, 11) is 3.52. The minimum atomic E-state index is 0.00561. The molecule has 0 fully saturated rings. The first-order valence-electron chi connectivity index (χ1n) is 10.5. The van der Waals surface area contributed by atoms with Gasteiger partial charge in [-0.05, 0) is 43.7 Å². The van der Waals surface area contributed by atoms with Crippen molar-refractivity contribution in [3.63, 3.8) is 0 Å². The summed E-state index contributed by atoms with van der Waals surface area (Å²) in [6.07, 6.45) is 0. The number of aromatic nitrogens is 3. The van der Waals surface area contributed by atoms with E-state index in [1.54, 1.807) is 30.8 Å². The first-order valence-corrected chi connectivity index (χ1v) is 11.4. The first kappa shape index (κ1) is 21.8. The highest BCUT2D eigenvalue weighted by molar-refractivity contribution is 7.98. The lowest BCUT2D eigenvalue weighted by Gasteiger charge is -2.12. The molecule has 0 aliphatic carbocycles. The van der Waals surface area contributed by atoms with Gasteiger partial charge in [0.15, 0.2) is 11.0 Å². The second-order valence-corrected chi connectivity index (χ2v) is 8.97. The molecule has 0 bridgehead atoms. The van der Waals surface area contributed by atoms with E-state index >= 15 is 0 Å². The van der Waals surface area contributed by atoms with E-state index in [-0.39, 0.29) is 5.91 Å². The number of hydrogen-bond acceptors (Lipinski definition) is 4. The fraction of sp³-hybridized carbons (Fsp3) is 0.192. The van der Waals surface area contributed by atoms with Gasteiger partial charge in [0.1, 0.15) is 0 Å². The van der Waals surface area contributed by atoms with E-state index in [0.29, 0.717) is 5.56 Å². The van der Waals surface area contributed by atoms with Crippen LogP contribution < -0.4 is 0 Å². The highest BCUT2D eigenvalue weighted by Crippen LogP contribution is 2.30. The zero-order valence-electron chi connectivity index (χ0n) is 18.7. The molecule has 0 radical (unpaired) electrons. The van der Waals surface area contributed by atoms with E-state index in [2.05, 4.69) is 77.1 Å². The van der Waals surface area contributed by atoms with Crippen molar-refractivity contribution in [2.75, 3.05) is 14.1 Å². The molecule has 4 aromatic rings. The molecule has 1 heterocycles. The van der Waals surface area contributed by atoms with Crippen molar-refractivity contribution < 1.29 is 4.79 Å². The standard InChI is InChI=1S/C26H26N4OS/c1-18-5-11-21(12-6-18)24-27-28-26(30(24)23-15-7-19(2)8-16-23)32-17-20-9-13-22(14-10-20)25(31)29(3)4/h5-16H,17H2,1-4H3. The van der Waals surface area contributed by atoms with E-state index in [4.69, 9.17) is 0 Å². The molecule has 0 saturated heterocycles. The fourth-order valence-corrected chi connectivity index (χ4v) is 4.24. The van der Waals surface area contributed by atoms with Crippen LogP contribution in [0.1, 0.15) is 27.0 Å². The summed E-state index contributed by atoms with van der Waals surface area (Å²) in [5.41, 5.74) is 6.29. The van der Waals surface area contributed by atoms with Gasteiger partial charge in [0.2, 0.25) is 0 Å². The summed E-state index contributed by atoms with van der Waals surface area (Å²) in [6.45, 7) is 4.16. The van der Waals surface area contributed by atoms with Gasteiger partial charge in [-0.15, -0.1) is 10.2 Å². The van der Waals surface area contributed by atoms with Gasteiger partial charge in [0.05, 0.1) is 0 Å². The molecule has 5 nitrogen and oxygen atoms in total. The summed E-state index contributed by atoms with van der Waals surface area (Å²) in [5, 5.41) is 9.87. The molecule has 0 atom stereocenters. The second-order valence-electron chi connectivity index (χ2n) is 8.03. The molecule has 0 unspecified atom stereocenters. The van der Waals surface area contributed by atoms with Crippen LogP contribution in [0, 0.1) is 13.8 Å². The molecule has 0 aliphatic rings. The zero-order valence-corrected chi connectivity index (χ0v) is 19.6. The van der Waals surface area contributed by atoms with Crippen molar-refractivity contribution in [3.05, 3.63) is 95.1 Å². The number of carbonyl (C=O) groups excluding carboxylic acids is 1. The van der Waals surface area contributed by atoms with E-state index < -0.39 is 0 Å². The van der Waals surface area contributed by atoms with Crippen molar-refractivity contribution >= 4 is 17.7 Å². The minimum absolute atomic E-state index is 0.00561. The number of amides is 1. The maximum atomic E-state index is 12.1. The highest BCUT2D eigenvalue weighted by Gasteiger charge is 2.16. The van der Waals surface area contributed by atoms with Crippen LogP contribution in [-0.4, -0.2) is 39.7 Å². The lowest BCUT2D eigenvalue weighted by atomic mass is 10.1. The Morgan fingerprint density at radius 2 is 1.44 bits per heavy atom. The molecule has 1 amide bonds. The lowest BCUT2D eigenvalue weighted by Crippen LogP contribution is -2.21. The van der Waals surface area contributed by atoms with Crippen molar-refractivity contribution in [2.24, 2.45) is 0 Å². The van der Waals surface area contributed by atoms with Gasteiger partial charge in [-0.3, -0.25) is 9.36 Å². The van der Waals surface area contributed by atoms with Gasteiger partial charge in [-0.1, -0.05) is 71.4 Å². The first-order chi connectivity index (χ1) is 15.4. The van der Waals surface area contributed by atoms with E-state index in [0.717, 1.165) is 33.5 Å². The molecular weight excluding hydrogens is 416 g/mol. The van der Waals surface area contributed by atoms with Gasteiger partial charge in [0.25, 0.3) is 5.91 Å². The second kappa shape index (κ2) is 9.40. The number of thioether (sulfide) groups is 1. The van der Waals surface area contributed by atoms with Gasteiger partial charge >= 0.3 is 0 Å². The molecule has 32 heavy (non-hydrogen) atoms. The van der Waals surface area contributed by atoms with E-state index in [1.807, 2.05) is 24.3 Å². The van der Waals surface area contributed by atoms with E-state index in [9.17, 15) is 4.79 Å². The van der Waals surface area contributed by atoms with Crippen molar-refractivity contribution in [3.8, 4) is 17.1 Å². The Morgan fingerprint density at radius 3 is 2.03 bits per heavy atom. The van der Waals surface area contributed by atoms with Gasteiger partial charge in [0, 0.05) is 36.7 Å². The minimum Gasteiger partial charge on any atom is -0.345 e. The number of rotatable bonds is 6. The Kier molecular flexibility index (Phi) is 6.42. The molecule has 0 N–H and O–H groups in total. The van der Waals surface area contributed by atoms with Crippen LogP contribution in [-0.2, 0) is 5.75 Å². The summed E-state index contributed by atoms with van der Waals surface area (Å²) in [5.74, 6) is 1.56. The molecule has 6 heteroatoms. The molecule has 162 valence electrons. The number of carbonyl (C=O) groups is 1. The zero-order chi connectivity index (χ0) is 22.7. The summed E-state index contributed by atoms with van der Waals surface area (Å²) >= 11 is 1.63. The molecule has 0 spiro atoms. The Morgan fingerprint density at radius 1 is 0.844 bits per heavy atom. The van der Waals surface area contributed by atoms with Crippen molar-refractivity contribution in [1.82, 2.24) is 19.7 Å². The van der Waals surface area contributed by atoms with E-state index in [1.165, 1.54) is 11.1 Å². The van der Waals surface area contributed by atoms with Crippen LogP contribution in [0.2, 0.25) is 0 Å². The quantitative estimate of drug-likeness (QED) is 0.368. The summed E-state index contributed by atoms with van der Waals surface area (Å²) < 4.78 is 2.11. The average molecular weight is 443 g/mol. The lowest BCUT2D eigenvalue weighted by molar-refractivity contribution is 0.0827. The van der Waals surface area contributed by atoms with Crippen LogP contribution in [0.5, 0.6) is 0 Å². The molecule has 0 aliphatic heterocycles. The maximum Gasteiger partial charge on any atom is 0.253 e. The molecule has 4 rings (SSSR count). The third-order valence-corrected chi connectivity index (χ3v) is 6.21. The molecule has 3 aromatic carbocycles. The van der Waals surface area contributed by atoms with Crippen LogP contribution in [0.25, 0.3) is 17.1 Å². The summed E-state index contributed by atoms with van der Waals surface area (Å²) in [6, 6.07) is 24.5. The van der Waals surface area contributed by atoms with Gasteiger partial charge < -0.3 is 4.90 Å². The van der Waals surface area contributed by atoms with Crippen LogP contribution in [0.3, 0.4) is 0 Å². The normalized spacial score (nSPS) is 10.9. The Hall–Kier alpha value is -3.38. The van der Waals surface area contributed by atoms with Crippen molar-refractivity contribution in [2.45, 2.75) is 24.8 Å². The molecule has 1 aromatic heterocycles. The maximum absolute atomic E-state index is 12.1. The Bertz CT molecular complexity index is 1210. The Labute approximate surface area is 193 Å². The van der Waals surface area contributed by atoms with Crippen LogP contribution >= 0.6 is 11.8 Å². The van der Waals surface area contributed by atoms with Gasteiger partial charge in [-0.2, -0.15) is 0 Å².